The second-order valence-electron chi connectivity index (χ2n) is 4.67. The van der Waals surface area contributed by atoms with Gasteiger partial charge in [0.05, 0.1) is 0 Å². The summed E-state index contributed by atoms with van der Waals surface area (Å²) in [5, 5.41) is 0. The molecule has 1 fully saturated rings. The lowest BCUT2D eigenvalue weighted by Gasteiger charge is -2.31. The van der Waals surface area contributed by atoms with Gasteiger partial charge < -0.3 is 9.55 Å². The van der Waals surface area contributed by atoms with Crippen LogP contribution >= 0.6 is 12.2 Å². The fourth-order valence-corrected chi connectivity index (χ4v) is 3.16. The number of nitrogens with zero attached hydrogens (tertiary/aromatic N) is 1. The van der Waals surface area contributed by atoms with Crippen molar-refractivity contribution >= 4 is 12.2 Å². The van der Waals surface area contributed by atoms with Crippen molar-refractivity contribution in [1.82, 2.24) is 9.55 Å². The number of hydrogen-bond donors (Lipinski definition) is 1. The Morgan fingerprint density at radius 3 is 2.80 bits per heavy atom. The second-order valence-corrected chi connectivity index (χ2v) is 5.06. The maximum absolute atomic E-state index is 5.36. The molecule has 3 heteroatoms. The summed E-state index contributed by atoms with van der Waals surface area (Å²) >= 11 is 5.36. The van der Waals surface area contributed by atoms with E-state index in [1.165, 1.54) is 37.8 Å². The molecule has 84 valence electrons. The zero-order valence-corrected chi connectivity index (χ0v) is 10.4. The zero-order chi connectivity index (χ0) is 10.8. The van der Waals surface area contributed by atoms with Crippen LogP contribution in [-0.2, 0) is 0 Å². The molecule has 2 unspecified atom stereocenters. The molecule has 1 aliphatic carbocycles. The van der Waals surface area contributed by atoms with Gasteiger partial charge >= 0.3 is 0 Å². The number of hydrogen-bond acceptors (Lipinski definition) is 1. The molecule has 1 heterocycles. The number of H-pyrrole nitrogens is 1. The van der Waals surface area contributed by atoms with Crippen LogP contribution in [0.4, 0.5) is 0 Å². The first-order chi connectivity index (χ1) is 7.22. The van der Waals surface area contributed by atoms with Gasteiger partial charge in [0.15, 0.2) is 4.77 Å². The third-order valence-corrected chi connectivity index (χ3v) is 3.93. The first-order valence-electron chi connectivity index (χ1n) is 6.00. The van der Waals surface area contributed by atoms with E-state index in [9.17, 15) is 0 Å². The number of aromatic nitrogens is 2. The fourth-order valence-electron chi connectivity index (χ4n) is 2.81. The van der Waals surface area contributed by atoms with Crippen molar-refractivity contribution < 1.29 is 0 Å². The molecule has 1 aliphatic rings. The third kappa shape index (κ3) is 2.17. The van der Waals surface area contributed by atoms with Crippen LogP contribution in [0, 0.1) is 17.6 Å². The molecule has 1 aromatic heterocycles. The maximum Gasteiger partial charge on any atom is 0.177 e. The van der Waals surface area contributed by atoms with Gasteiger partial charge in [-0.15, -0.1) is 0 Å². The van der Waals surface area contributed by atoms with Gasteiger partial charge in [0.25, 0.3) is 0 Å². The van der Waals surface area contributed by atoms with Crippen LogP contribution in [0.15, 0.2) is 6.20 Å². The summed E-state index contributed by atoms with van der Waals surface area (Å²) in [4.78, 5) is 3.23. The van der Waals surface area contributed by atoms with Gasteiger partial charge in [-0.1, -0.05) is 26.2 Å². The molecule has 1 N–H and O–H groups in total. The summed E-state index contributed by atoms with van der Waals surface area (Å²) in [5.74, 6) is 0.820. The molecule has 1 saturated carbocycles. The van der Waals surface area contributed by atoms with Crippen LogP contribution in [-0.4, -0.2) is 9.55 Å². The van der Waals surface area contributed by atoms with Gasteiger partial charge in [0.1, 0.15) is 0 Å². The van der Waals surface area contributed by atoms with E-state index < -0.39 is 0 Å². The van der Waals surface area contributed by atoms with Gasteiger partial charge in [-0.3, -0.25) is 0 Å². The first-order valence-corrected chi connectivity index (χ1v) is 6.41. The lowest BCUT2D eigenvalue weighted by molar-refractivity contribution is 0.231. The van der Waals surface area contributed by atoms with E-state index in [-0.39, 0.29) is 0 Å². The van der Waals surface area contributed by atoms with Gasteiger partial charge in [-0.25, -0.2) is 0 Å². The van der Waals surface area contributed by atoms with Crippen LogP contribution in [0.5, 0.6) is 0 Å². The maximum atomic E-state index is 5.36. The van der Waals surface area contributed by atoms with Crippen molar-refractivity contribution in [3.8, 4) is 0 Å². The summed E-state index contributed by atoms with van der Waals surface area (Å²) in [6.07, 6.45) is 8.87. The van der Waals surface area contributed by atoms with Crippen molar-refractivity contribution in [3.63, 3.8) is 0 Å². The third-order valence-electron chi connectivity index (χ3n) is 3.62. The SMILES string of the molecule is CCC1CCCCC1n1cc(C)[nH]c1=S. The largest absolute Gasteiger partial charge is 0.335 e. The average molecular weight is 224 g/mol. The minimum absolute atomic E-state index is 0.640. The van der Waals surface area contributed by atoms with E-state index >= 15 is 0 Å². The first kappa shape index (κ1) is 10.9. The second kappa shape index (κ2) is 4.52. The molecule has 0 aliphatic heterocycles. The molecular weight excluding hydrogens is 204 g/mol. The Bertz CT molecular complexity index is 377. The van der Waals surface area contributed by atoms with Crippen molar-refractivity contribution in [3.05, 3.63) is 16.7 Å². The minimum Gasteiger partial charge on any atom is -0.335 e. The molecular formula is C12H20N2S. The summed E-state index contributed by atoms with van der Waals surface area (Å²) in [6, 6.07) is 0.640. The van der Waals surface area contributed by atoms with Crippen molar-refractivity contribution in [2.45, 2.75) is 52.0 Å². The van der Waals surface area contributed by atoms with Gasteiger partial charge in [0, 0.05) is 17.9 Å². The van der Waals surface area contributed by atoms with Crippen LogP contribution < -0.4 is 0 Å². The van der Waals surface area contributed by atoms with Gasteiger partial charge in [-0.05, 0) is 37.9 Å². The van der Waals surface area contributed by atoms with Gasteiger partial charge in [-0.2, -0.15) is 0 Å². The summed E-state index contributed by atoms with van der Waals surface area (Å²) in [5.41, 5.74) is 1.18. The van der Waals surface area contributed by atoms with Gasteiger partial charge in [0.2, 0.25) is 0 Å². The number of aromatic amines is 1. The monoisotopic (exact) mass is 224 g/mol. The number of nitrogens with one attached hydrogen (secondary N) is 1. The summed E-state index contributed by atoms with van der Waals surface area (Å²) in [7, 11) is 0. The van der Waals surface area contributed by atoms with Crippen LogP contribution in [0.2, 0.25) is 0 Å². The van der Waals surface area contributed by atoms with E-state index in [4.69, 9.17) is 12.2 Å². The Hall–Kier alpha value is -0.570. The lowest BCUT2D eigenvalue weighted by Crippen LogP contribution is -2.22. The Morgan fingerprint density at radius 2 is 2.20 bits per heavy atom. The summed E-state index contributed by atoms with van der Waals surface area (Å²) in [6.45, 7) is 4.38. The highest BCUT2D eigenvalue weighted by molar-refractivity contribution is 7.71. The van der Waals surface area contributed by atoms with Crippen LogP contribution in [0.3, 0.4) is 0 Å². The quantitative estimate of drug-likeness (QED) is 0.753. The van der Waals surface area contributed by atoms with Crippen LogP contribution in [0.1, 0.15) is 50.8 Å². The van der Waals surface area contributed by atoms with E-state index in [1.54, 1.807) is 0 Å². The molecule has 0 bridgehead atoms. The summed E-state index contributed by atoms with van der Waals surface area (Å²) < 4.78 is 3.19. The number of imidazole rings is 1. The minimum atomic E-state index is 0.640. The number of aryl methyl sites for hydroxylation is 1. The molecule has 2 atom stereocenters. The predicted octanol–water partition coefficient (Wildman–Crippen LogP) is 4.00. The molecule has 0 amide bonds. The van der Waals surface area contributed by atoms with Crippen molar-refractivity contribution in [2.24, 2.45) is 5.92 Å². The fraction of sp³-hybridized carbons (Fsp3) is 0.750. The molecule has 0 saturated heterocycles. The molecule has 0 radical (unpaired) electrons. The highest BCUT2D eigenvalue weighted by Crippen LogP contribution is 2.36. The topological polar surface area (TPSA) is 20.7 Å². The lowest BCUT2D eigenvalue weighted by atomic mass is 9.83. The van der Waals surface area contributed by atoms with E-state index in [0.29, 0.717) is 6.04 Å². The van der Waals surface area contributed by atoms with Crippen LogP contribution in [0.25, 0.3) is 0 Å². The molecule has 2 rings (SSSR count). The molecule has 2 nitrogen and oxygen atoms in total. The Balaban J connectivity index is 2.27. The van der Waals surface area contributed by atoms with Crippen molar-refractivity contribution in [1.29, 1.82) is 0 Å². The highest BCUT2D eigenvalue weighted by atomic mass is 32.1. The average Bonchev–Trinajstić information content (AvgIpc) is 2.57. The molecule has 15 heavy (non-hydrogen) atoms. The Morgan fingerprint density at radius 1 is 1.47 bits per heavy atom. The molecule has 0 spiro atoms. The standard InChI is InChI=1S/C12H20N2S/c1-3-10-6-4-5-7-11(10)14-8-9(2)13-12(14)15/h8,10-11H,3-7H2,1-2H3,(H,13,15). The van der Waals surface area contributed by atoms with E-state index in [1.807, 2.05) is 0 Å². The van der Waals surface area contributed by atoms with E-state index in [0.717, 1.165) is 10.7 Å². The highest BCUT2D eigenvalue weighted by Gasteiger charge is 2.25. The van der Waals surface area contributed by atoms with Crippen molar-refractivity contribution in [2.75, 3.05) is 0 Å². The predicted molar refractivity (Wildman–Crippen MR) is 65.6 cm³/mol. The molecule has 0 aromatic carbocycles. The smallest absolute Gasteiger partial charge is 0.177 e. The normalized spacial score (nSPS) is 26.8. The van der Waals surface area contributed by atoms with E-state index in [2.05, 4.69) is 29.6 Å². The molecule has 1 aromatic rings. The Labute approximate surface area is 96.7 Å². The zero-order valence-electron chi connectivity index (χ0n) is 9.62. The number of rotatable bonds is 2. The Kier molecular flexibility index (Phi) is 3.29.